The van der Waals surface area contributed by atoms with E-state index >= 15 is 0 Å². The van der Waals surface area contributed by atoms with Crippen molar-refractivity contribution in [3.63, 3.8) is 0 Å². The Morgan fingerprint density at radius 2 is 1.66 bits per heavy atom. The molecule has 0 amide bonds. The fourth-order valence-corrected chi connectivity index (χ4v) is 4.96. The van der Waals surface area contributed by atoms with E-state index in [4.69, 9.17) is 24.9 Å². The van der Waals surface area contributed by atoms with Gasteiger partial charge < -0.3 is 29.7 Å². The lowest BCUT2D eigenvalue weighted by Gasteiger charge is -2.40. The number of aromatic nitrogens is 2. The molecule has 158 valence electrons. The van der Waals surface area contributed by atoms with Gasteiger partial charge in [0.2, 0.25) is 5.95 Å². The molecular weight excluding hydrogens is 370 g/mol. The summed E-state index contributed by atoms with van der Waals surface area (Å²) >= 11 is 0. The monoisotopic (exact) mass is 401 g/mol. The number of hydrogen-bond donors (Lipinski definition) is 1. The zero-order valence-electron chi connectivity index (χ0n) is 17.9. The molecule has 4 rings (SSSR count). The molecule has 2 aliphatic rings. The Labute approximate surface area is 171 Å². The summed E-state index contributed by atoms with van der Waals surface area (Å²) in [5.74, 6) is 3.60. The number of anilines is 2. The summed E-state index contributed by atoms with van der Waals surface area (Å²) in [7, 11) is 9.32. The van der Waals surface area contributed by atoms with Gasteiger partial charge in [-0.1, -0.05) is 0 Å². The van der Waals surface area contributed by atoms with Crippen LogP contribution in [-0.4, -0.2) is 75.5 Å². The maximum absolute atomic E-state index is 6.29. The fourth-order valence-electron chi connectivity index (χ4n) is 4.96. The van der Waals surface area contributed by atoms with E-state index in [-0.39, 0.29) is 6.10 Å². The molecule has 8 nitrogen and oxygen atoms in total. The van der Waals surface area contributed by atoms with E-state index in [0.717, 1.165) is 36.8 Å². The highest BCUT2D eigenvalue weighted by Crippen LogP contribution is 2.40. The Morgan fingerprint density at radius 3 is 2.28 bits per heavy atom. The molecule has 1 saturated heterocycles. The zero-order chi connectivity index (χ0) is 20.7. The molecule has 0 unspecified atom stereocenters. The lowest BCUT2D eigenvalue weighted by molar-refractivity contribution is -0.0209. The van der Waals surface area contributed by atoms with Crippen LogP contribution in [-0.2, 0) is 4.74 Å². The van der Waals surface area contributed by atoms with Crippen LogP contribution in [0.15, 0.2) is 12.1 Å². The quantitative estimate of drug-likeness (QED) is 0.814. The number of nitrogen functional groups attached to an aromatic ring is 1. The molecule has 1 aromatic heterocycles. The number of nitrogens with two attached hydrogens (primary N) is 1. The average molecular weight is 402 g/mol. The van der Waals surface area contributed by atoms with E-state index in [1.54, 1.807) is 14.2 Å². The molecule has 4 atom stereocenters. The third-order valence-electron chi connectivity index (χ3n) is 6.55. The summed E-state index contributed by atoms with van der Waals surface area (Å²) in [6, 6.07) is 4.14. The van der Waals surface area contributed by atoms with Crippen molar-refractivity contribution in [2.24, 2.45) is 11.8 Å². The first-order chi connectivity index (χ1) is 13.9. The van der Waals surface area contributed by atoms with Crippen molar-refractivity contribution in [2.75, 3.05) is 59.1 Å². The van der Waals surface area contributed by atoms with Crippen LogP contribution in [0.25, 0.3) is 10.9 Å². The summed E-state index contributed by atoms with van der Waals surface area (Å²) in [6.07, 6.45) is 2.46. The average Bonchev–Trinajstić information content (AvgIpc) is 3.14. The van der Waals surface area contributed by atoms with Gasteiger partial charge in [-0.3, -0.25) is 0 Å². The lowest BCUT2D eigenvalue weighted by atomic mass is 9.77. The van der Waals surface area contributed by atoms with Gasteiger partial charge in [0.1, 0.15) is 5.82 Å². The molecule has 1 aliphatic carbocycles. The normalized spacial score (nSPS) is 26.8. The van der Waals surface area contributed by atoms with E-state index < -0.39 is 0 Å². The van der Waals surface area contributed by atoms with Crippen LogP contribution in [0.4, 0.5) is 11.8 Å². The van der Waals surface area contributed by atoms with Gasteiger partial charge in [0.15, 0.2) is 11.5 Å². The molecule has 8 heteroatoms. The predicted octanol–water partition coefficient (Wildman–Crippen LogP) is 2.02. The molecule has 1 saturated carbocycles. The highest BCUT2D eigenvalue weighted by Gasteiger charge is 2.43. The first-order valence-corrected chi connectivity index (χ1v) is 10.1. The molecule has 29 heavy (non-hydrogen) atoms. The van der Waals surface area contributed by atoms with Crippen molar-refractivity contribution < 1.29 is 14.2 Å². The number of benzene rings is 1. The van der Waals surface area contributed by atoms with Crippen molar-refractivity contribution in [3.05, 3.63) is 12.1 Å². The minimum absolute atomic E-state index is 0.269. The van der Waals surface area contributed by atoms with E-state index in [0.29, 0.717) is 41.1 Å². The summed E-state index contributed by atoms with van der Waals surface area (Å²) in [6.45, 7) is 1.88. The van der Waals surface area contributed by atoms with Gasteiger partial charge in [0.05, 0.1) is 25.8 Å². The molecule has 2 aromatic rings. The van der Waals surface area contributed by atoms with Gasteiger partial charge in [-0.2, -0.15) is 4.98 Å². The van der Waals surface area contributed by atoms with Crippen LogP contribution < -0.4 is 20.1 Å². The minimum atomic E-state index is 0.269. The Balaban J connectivity index is 1.62. The van der Waals surface area contributed by atoms with Gasteiger partial charge >= 0.3 is 0 Å². The zero-order valence-corrected chi connectivity index (χ0v) is 17.9. The highest BCUT2D eigenvalue weighted by molar-refractivity contribution is 5.91. The summed E-state index contributed by atoms with van der Waals surface area (Å²) < 4.78 is 16.6. The molecule has 1 aromatic carbocycles. The van der Waals surface area contributed by atoms with Crippen LogP contribution in [0.2, 0.25) is 0 Å². The van der Waals surface area contributed by atoms with Crippen molar-refractivity contribution in [1.82, 2.24) is 14.9 Å². The predicted molar refractivity (Wildman–Crippen MR) is 114 cm³/mol. The Hall–Kier alpha value is -2.32. The largest absolute Gasteiger partial charge is 0.493 e. The second-order valence-electron chi connectivity index (χ2n) is 8.33. The van der Waals surface area contributed by atoms with Gasteiger partial charge in [-0.05, 0) is 44.8 Å². The summed E-state index contributed by atoms with van der Waals surface area (Å²) in [5, 5.41) is 0.773. The van der Waals surface area contributed by atoms with Crippen LogP contribution in [0.3, 0.4) is 0 Å². The number of hydrogen-bond acceptors (Lipinski definition) is 8. The van der Waals surface area contributed by atoms with Gasteiger partial charge in [0, 0.05) is 37.7 Å². The molecule has 0 radical (unpaired) electrons. The van der Waals surface area contributed by atoms with Gasteiger partial charge in [-0.25, -0.2) is 4.98 Å². The number of nitrogens with zero attached hydrogens (tertiary/aromatic N) is 4. The standard InChI is InChI=1S/C21H31N5O3/c1-25(2)16-6-12-10-26(11-13(12)7-17(16)27-3)21-23-15-9-19(29-5)18(28-4)8-14(15)20(22)24-21/h8-9,12-13,16-17H,6-7,10-11H2,1-5H3,(H2,22,23,24)/t12-,13+,16-,17-/m1/s1. The fraction of sp³-hybridized carbons (Fsp3) is 0.619. The second-order valence-corrected chi connectivity index (χ2v) is 8.33. The Morgan fingerprint density at radius 1 is 1.00 bits per heavy atom. The van der Waals surface area contributed by atoms with Crippen LogP contribution >= 0.6 is 0 Å². The van der Waals surface area contributed by atoms with Crippen LogP contribution in [0, 0.1) is 11.8 Å². The smallest absolute Gasteiger partial charge is 0.227 e. The van der Waals surface area contributed by atoms with Crippen molar-refractivity contribution in [1.29, 1.82) is 0 Å². The number of methoxy groups -OCH3 is 3. The molecule has 0 bridgehead atoms. The van der Waals surface area contributed by atoms with Crippen LogP contribution in [0.5, 0.6) is 11.5 Å². The maximum atomic E-state index is 6.29. The minimum Gasteiger partial charge on any atom is -0.493 e. The van der Waals surface area contributed by atoms with Crippen molar-refractivity contribution in [2.45, 2.75) is 25.0 Å². The van der Waals surface area contributed by atoms with E-state index in [2.05, 4.69) is 28.9 Å². The van der Waals surface area contributed by atoms with Gasteiger partial charge in [-0.15, -0.1) is 0 Å². The molecule has 2 fully saturated rings. The molecule has 1 aliphatic heterocycles. The van der Waals surface area contributed by atoms with E-state index in [1.807, 2.05) is 19.2 Å². The highest BCUT2D eigenvalue weighted by atomic mass is 16.5. The van der Waals surface area contributed by atoms with Crippen molar-refractivity contribution in [3.8, 4) is 11.5 Å². The maximum Gasteiger partial charge on any atom is 0.227 e. The Bertz CT molecular complexity index is 890. The summed E-state index contributed by atoms with van der Waals surface area (Å²) in [5.41, 5.74) is 7.06. The molecule has 2 heterocycles. The van der Waals surface area contributed by atoms with Gasteiger partial charge in [0.25, 0.3) is 0 Å². The SMILES string of the molecule is COc1cc2nc(N3C[C@H]4C[C@@H](N(C)C)[C@H](OC)C[C@H]4C3)nc(N)c2cc1OC. The topological polar surface area (TPSA) is 86.0 Å². The molecule has 2 N–H and O–H groups in total. The van der Waals surface area contributed by atoms with E-state index in [1.165, 1.54) is 0 Å². The Kier molecular flexibility index (Phi) is 5.40. The van der Waals surface area contributed by atoms with Crippen molar-refractivity contribution >= 4 is 22.7 Å². The molecule has 0 spiro atoms. The second kappa shape index (κ2) is 7.84. The lowest BCUT2D eigenvalue weighted by Crippen LogP contribution is -2.47. The third kappa shape index (κ3) is 3.55. The summed E-state index contributed by atoms with van der Waals surface area (Å²) in [4.78, 5) is 14.0. The van der Waals surface area contributed by atoms with Crippen LogP contribution in [0.1, 0.15) is 12.8 Å². The number of ether oxygens (including phenoxy) is 3. The molecular formula is C21H31N5O3. The number of fused-ring (bicyclic) bond motifs is 2. The third-order valence-corrected chi connectivity index (χ3v) is 6.55. The first kappa shape index (κ1) is 20.0. The van der Waals surface area contributed by atoms with E-state index in [9.17, 15) is 0 Å². The number of rotatable bonds is 5. The first-order valence-electron chi connectivity index (χ1n) is 10.1. The number of likely N-dealkylation sites (N-methyl/N-ethyl adjacent to an activating group) is 1.